The summed E-state index contributed by atoms with van der Waals surface area (Å²) in [6, 6.07) is 15.6. The zero-order valence-corrected chi connectivity index (χ0v) is 16.0. The van der Waals surface area contributed by atoms with Crippen LogP contribution in [0.2, 0.25) is 0 Å². The minimum absolute atomic E-state index is 0.426. The number of carbonyl (C=O) groups is 1. The van der Waals surface area contributed by atoms with Crippen LogP contribution in [0.4, 0.5) is 4.79 Å². The van der Waals surface area contributed by atoms with Crippen molar-refractivity contribution in [1.29, 1.82) is 0 Å². The van der Waals surface area contributed by atoms with E-state index in [4.69, 9.17) is 9.47 Å². The molecule has 0 radical (unpaired) electrons. The molecule has 0 saturated heterocycles. The van der Waals surface area contributed by atoms with Crippen molar-refractivity contribution in [2.75, 3.05) is 0 Å². The minimum atomic E-state index is -0.565. The van der Waals surface area contributed by atoms with Crippen LogP contribution in [0.25, 0.3) is 10.9 Å². The van der Waals surface area contributed by atoms with Crippen LogP contribution in [-0.4, -0.2) is 16.3 Å². The molecule has 0 N–H and O–H groups in total. The Morgan fingerprint density at radius 1 is 1.08 bits per heavy atom. The molecule has 0 aliphatic carbocycles. The summed E-state index contributed by atoms with van der Waals surface area (Å²) in [5, 5.41) is 0.899. The fourth-order valence-electron chi connectivity index (χ4n) is 2.51. The van der Waals surface area contributed by atoms with Crippen LogP contribution in [0.3, 0.4) is 0 Å². The molecule has 2 aromatic carbocycles. The summed E-state index contributed by atoms with van der Waals surface area (Å²) < 4.78 is 13.9. The maximum Gasteiger partial charge on any atom is 0.419 e. The van der Waals surface area contributed by atoms with E-state index in [2.05, 4.69) is 15.9 Å². The van der Waals surface area contributed by atoms with Gasteiger partial charge in [-0.3, -0.25) is 0 Å². The Morgan fingerprint density at radius 3 is 2.48 bits per heavy atom. The average Bonchev–Trinajstić information content (AvgIpc) is 3.00. The van der Waals surface area contributed by atoms with E-state index in [1.165, 1.54) is 4.57 Å². The Bertz CT molecular complexity index is 894. The summed E-state index contributed by atoms with van der Waals surface area (Å²) in [4.78, 5) is 12.5. The van der Waals surface area contributed by atoms with Gasteiger partial charge in [0.05, 0.1) is 0 Å². The molecule has 0 bridgehead atoms. The van der Waals surface area contributed by atoms with E-state index in [1.54, 1.807) is 6.20 Å². The molecule has 0 amide bonds. The van der Waals surface area contributed by atoms with Crippen LogP contribution in [0.15, 0.2) is 59.2 Å². The summed E-state index contributed by atoms with van der Waals surface area (Å²) >= 11 is 3.53. The van der Waals surface area contributed by atoms with Crippen LogP contribution >= 0.6 is 15.9 Å². The number of halogens is 1. The Morgan fingerprint density at radius 2 is 1.80 bits per heavy atom. The van der Waals surface area contributed by atoms with Gasteiger partial charge in [-0.25, -0.2) is 9.36 Å². The lowest BCUT2D eigenvalue weighted by molar-refractivity contribution is 0.0543. The highest BCUT2D eigenvalue weighted by atomic mass is 79.9. The van der Waals surface area contributed by atoms with E-state index in [1.807, 2.05) is 69.3 Å². The van der Waals surface area contributed by atoms with Gasteiger partial charge < -0.3 is 9.47 Å². The molecular weight excluding hydrogens is 382 g/mol. The molecule has 0 aliphatic heterocycles. The zero-order chi connectivity index (χ0) is 18.0. The highest BCUT2D eigenvalue weighted by molar-refractivity contribution is 9.10. The number of benzene rings is 2. The molecule has 3 rings (SSSR count). The minimum Gasteiger partial charge on any atom is -0.487 e. The average molecular weight is 402 g/mol. The first-order chi connectivity index (χ1) is 11.8. The highest BCUT2D eigenvalue weighted by Gasteiger charge is 2.21. The van der Waals surface area contributed by atoms with Gasteiger partial charge in [0, 0.05) is 16.1 Å². The summed E-state index contributed by atoms with van der Waals surface area (Å²) in [5.41, 5.74) is 1.19. The molecule has 4 nitrogen and oxygen atoms in total. The molecule has 1 heterocycles. The largest absolute Gasteiger partial charge is 0.487 e. The van der Waals surface area contributed by atoms with Gasteiger partial charge >= 0.3 is 6.09 Å². The standard InChI is InChI=1S/C20H20BrNO3/c1-20(2,3)25-19(23)22-12-11-15-16(21)9-10-17(18(15)22)24-13-14-7-5-4-6-8-14/h4-12H,13H2,1-3H3. The van der Waals surface area contributed by atoms with Crippen LogP contribution in [0.5, 0.6) is 5.75 Å². The molecule has 0 aliphatic rings. The number of nitrogens with zero attached hydrogens (tertiary/aromatic N) is 1. The first-order valence-corrected chi connectivity index (χ1v) is 8.84. The quantitative estimate of drug-likeness (QED) is 0.559. The molecule has 130 valence electrons. The van der Waals surface area contributed by atoms with Crippen molar-refractivity contribution >= 4 is 32.9 Å². The molecule has 0 unspecified atom stereocenters. The van der Waals surface area contributed by atoms with Crippen LogP contribution in [0, 0.1) is 0 Å². The lowest BCUT2D eigenvalue weighted by Gasteiger charge is -2.20. The smallest absolute Gasteiger partial charge is 0.419 e. The number of ether oxygens (including phenoxy) is 2. The number of carbonyl (C=O) groups excluding carboxylic acids is 1. The second-order valence-corrected chi connectivity index (χ2v) is 7.60. The van der Waals surface area contributed by atoms with E-state index in [0.717, 1.165) is 15.4 Å². The Balaban J connectivity index is 1.96. The van der Waals surface area contributed by atoms with Crippen molar-refractivity contribution in [1.82, 2.24) is 4.57 Å². The molecule has 0 atom stereocenters. The molecule has 1 aromatic heterocycles. The van der Waals surface area contributed by atoms with Gasteiger partial charge in [0.2, 0.25) is 0 Å². The number of rotatable bonds is 3. The van der Waals surface area contributed by atoms with Crippen molar-refractivity contribution in [3.05, 3.63) is 64.8 Å². The van der Waals surface area contributed by atoms with Crippen LogP contribution in [-0.2, 0) is 11.3 Å². The lowest BCUT2D eigenvalue weighted by atomic mass is 10.2. The fourth-order valence-corrected chi connectivity index (χ4v) is 2.96. The third-order valence-electron chi connectivity index (χ3n) is 3.59. The maximum absolute atomic E-state index is 12.5. The summed E-state index contributed by atoms with van der Waals surface area (Å²) in [5.74, 6) is 0.637. The van der Waals surface area contributed by atoms with Crippen molar-refractivity contribution in [2.24, 2.45) is 0 Å². The third-order valence-corrected chi connectivity index (χ3v) is 4.28. The topological polar surface area (TPSA) is 40.5 Å². The Labute approximate surface area is 155 Å². The van der Waals surface area contributed by atoms with Gasteiger partial charge in [0.25, 0.3) is 0 Å². The van der Waals surface area contributed by atoms with Gasteiger partial charge in [-0.2, -0.15) is 0 Å². The Kier molecular flexibility index (Phi) is 4.86. The predicted molar refractivity (Wildman–Crippen MR) is 102 cm³/mol. The second-order valence-electron chi connectivity index (χ2n) is 6.75. The SMILES string of the molecule is CC(C)(C)OC(=O)n1ccc2c(Br)ccc(OCc3ccccc3)c21. The zero-order valence-electron chi connectivity index (χ0n) is 14.5. The monoisotopic (exact) mass is 401 g/mol. The number of fused-ring (bicyclic) bond motifs is 1. The summed E-state index contributed by atoms with van der Waals surface area (Å²) in [6.45, 7) is 5.97. The molecule has 0 spiro atoms. The molecule has 0 fully saturated rings. The van der Waals surface area contributed by atoms with E-state index < -0.39 is 11.7 Å². The van der Waals surface area contributed by atoms with E-state index in [-0.39, 0.29) is 0 Å². The fraction of sp³-hybridized carbons (Fsp3) is 0.250. The van der Waals surface area contributed by atoms with Gasteiger partial charge in [-0.1, -0.05) is 46.3 Å². The molecular formula is C20H20BrNO3. The van der Waals surface area contributed by atoms with E-state index in [9.17, 15) is 4.79 Å². The van der Waals surface area contributed by atoms with Crippen molar-refractivity contribution in [3.8, 4) is 5.75 Å². The first kappa shape index (κ1) is 17.5. The third kappa shape index (κ3) is 4.04. The first-order valence-electron chi connectivity index (χ1n) is 8.05. The molecule has 0 saturated carbocycles. The summed E-state index contributed by atoms with van der Waals surface area (Å²) in [6.07, 6.45) is 1.28. The van der Waals surface area contributed by atoms with Gasteiger partial charge in [-0.15, -0.1) is 0 Å². The summed E-state index contributed by atoms with van der Waals surface area (Å²) in [7, 11) is 0. The van der Waals surface area contributed by atoms with Crippen molar-refractivity contribution in [3.63, 3.8) is 0 Å². The van der Waals surface area contributed by atoms with E-state index >= 15 is 0 Å². The van der Waals surface area contributed by atoms with Crippen molar-refractivity contribution in [2.45, 2.75) is 33.0 Å². The number of aromatic nitrogens is 1. The lowest BCUT2D eigenvalue weighted by Crippen LogP contribution is -2.26. The maximum atomic E-state index is 12.5. The number of hydrogen-bond acceptors (Lipinski definition) is 3. The van der Waals surface area contributed by atoms with Crippen molar-refractivity contribution < 1.29 is 14.3 Å². The second kappa shape index (κ2) is 6.92. The highest BCUT2D eigenvalue weighted by Crippen LogP contribution is 2.33. The number of hydrogen-bond donors (Lipinski definition) is 0. The van der Waals surface area contributed by atoms with Crippen LogP contribution in [0.1, 0.15) is 26.3 Å². The normalized spacial score (nSPS) is 11.5. The Hall–Kier alpha value is -2.27. The van der Waals surface area contributed by atoms with Crippen LogP contribution < -0.4 is 4.74 Å². The van der Waals surface area contributed by atoms with Gasteiger partial charge in [-0.05, 0) is 44.5 Å². The molecule has 5 heteroatoms. The molecule has 3 aromatic rings. The molecule has 25 heavy (non-hydrogen) atoms. The van der Waals surface area contributed by atoms with Gasteiger partial charge in [0.1, 0.15) is 23.5 Å². The predicted octanol–water partition coefficient (Wildman–Crippen LogP) is 5.77. The van der Waals surface area contributed by atoms with E-state index in [0.29, 0.717) is 17.9 Å². The van der Waals surface area contributed by atoms with Gasteiger partial charge in [0.15, 0.2) is 0 Å².